The highest BCUT2D eigenvalue weighted by molar-refractivity contribution is 8.45. The van der Waals surface area contributed by atoms with Crippen LogP contribution in [0.5, 0.6) is 5.75 Å². The average molecular weight is 1510 g/mol. The molecule has 0 atom stereocenters. The molecule has 0 radical (unpaired) electrons. The Kier molecular flexibility index (Phi) is 32.8. The Morgan fingerprint density at radius 3 is 1.02 bits per heavy atom. The van der Waals surface area contributed by atoms with Crippen molar-refractivity contribution in [1.82, 2.24) is 4.98 Å². The van der Waals surface area contributed by atoms with Crippen LogP contribution in [0.3, 0.4) is 0 Å². The first kappa shape index (κ1) is 91.2. The van der Waals surface area contributed by atoms with Crippen molar-refractivity contribution < 1.29 is 125 Å². The Hall–Kier alpha value is -7.85. The van der Waals surface area contributed by atoms with Crippen molar-refractivity contribution >= 4 is 10.2 Å². The summed E-state index contributed by atoms with van der Waals surface area (Å²) in [6.07, 6.45) is -8.26. The van der Waals surface area contributed by atoms with Crippen LogP contribution in [0.15, 0.2) is 77.7 Å². The molecule has 0 saturated heterocycles. The molecule has 0 aliphatic heterocycles. The summed E-state index contributed by atoms with van der Waals surface area (Å²) >= 11 is 0. The summed E-state index contributed by atoms with van der Waals surface area (Å²) in [4.78, 5) is -0.809. The predicted octanol–water partition coefficient (Wildman–Crippen LogP) is 27.2. The monoisotopic (exact) mass is 1510 g/mol. The molecule has 0 amide bonds. The highest BCUT2D eigenvalue weighted by Gasteiger charge is 2.70. The number of ether oxygens (including phenoxy) is 1. The van der Waals surface area contributed by atoms with E-state index in [-0.39, 0.29) is 36.0 Å². The maximum Gasteiger partial charge on any atom is 0.573 e. The fourth-order valence-corrected chi connectivity index (χ4v) is 9.07. The van der Waals surface area contributed by atoms with Gasteiger partial charge in [-0.2, -0.15) is 32.2 Å². The quantitative estimate of drug-likeness (QED) is 0.0530. The molecule has 0 spiro atoms. The van der Waals surface area contributed by atoms with Crippen LogP contribution in [0.25, 0.3) is 0 Å². The van der Waals surface area contributed by atoms with Crippen LogP contribution in [0.2, 0.25) is 0 Å². The third-order valence-corrected chi connectivity index (χ3v) is 14.9. The van der Waals surface area contributed by atoms with Gasteiger partial charge in [0, 0.05) is 16.7 Å². The highest BCUT2D eigenvalue weighted by atomic mass is 32.5. The normalized spacial score (nSPS) is 12.2. The molecule has 7 rings (SSSR count). The van der Waals surface area contributed by atoms with E-state index in [2.05, 4.69) is 9.72 Å². The topological polar surface area (TPSA) is 45.9 Å². The standard InChI is InChI=1S/C13H16F4.C10H10F4O.C10H10F4.C10H9F2N.C9H7F9S.C9H9F3.C8H9F2N/c1-4-5-6-8-10(14)12(16)9(7(2)3)13(17)11(8)15;1-6(2)7-3-4-9(8(11)5-7)15-10(12,13)14;1-6(2)7-3-4-8(9(11)5-7)10(12,13)14;1-6(2)7-3-9(11)8(5-13)10(12)4-7;1-3(2)4-5(10)7(12)9(8(13)6(4)11)19(14,15,16,17)18;1-5(2)6-3-7(10)9(12)8(11)4-6;1-5(2)6-3-7(9)11-8(10)4-6/h7H,4-6H2,1-3H3;3-6H,1-2H3;3-6H,1-2H3;3-4,6H,1-2H3;3H,1-2H3;3-5H,1-2H3;3-5H,1-2H3. The zero-order valence-electron chi connectivity index (χ0n) is 56.4. The summed E-state index contributed by atoms with van der Waals surface area (Å²) in [7, 11) is -10.9. The minimum absolute atomic E-state index is 0.00500. The molecule has 0 unspecified atom stereocenters. The van der Waals surface area contributed by atoms with E-state index in [1.807, 2.05) is 48.5 Å². The second kappa shape index (κ2) is 36.3. The molecule has 0 saturated carbocycles. The van der Waals surface area contributed by atoms with Crippen molar-refractivity contribution in [2.75, 3.05) is 0 Å². The van der Waals surface area contributed by atoms with Gasteiger partial charge in [-0.05, 0) is 143 Å². The Balaban J connectivity index is 0.000000593. The van der Waals surface area contributed by atoms with Crippen LogP contribution in [-0.2, 0) is 12.6 Å². The molecule has 0 N–H and O–H groups in total. The summed E-state index contributed by atoms with van der Waals surface area (Å²) in [5, 5.41) is 8.40. The molecule has 1 aromatic heterocycles. The lowest BCUT2D eigenvalue weighted by Crippen LogP contribution is -2.18. The van der Waals surface area contributed by atoms with E-state index in [0.29, 0.717) is 40.7 Å². The van der Waals surface area contributed by atoms with Crippen molar-refractivity contribution in [3.8, 4) is 11.8 Å². The number of benzene rings is 6. The zero-order chi connectivity index (χ0) is 78.9. The van der Waals surface area contributed by atoms with E-state index in [4.69, 9.17) is 5.26 Å². The highest BCUT2D eigenvalue weighted by Crippen LogP contribution is 3.02. The lowest BCUT2D eigenvalue weighted by Gasteiger charge is -2.40. The summed E-state index contributed by atoms with van der Waals surface area (Å²) in [5.74, 6) is -27.6. The maximum absolute atomic E-state index is 13.6. The molecule has 0 aliphatic rings. The van der Waals surface area contributed by atoms with Crippen molar-refractivity contribution in [2.45, 2.75) is 182 Å². The van der Waals surface area contributed by atoms with E-state index < -0.39 is 172 Å². The van der Waals surface area contributed by atoms with Crippen LogP contribution in [0.4, 0.5) is 120 Å². The molecule has 0 bridgehead atoms. The minimum Gasteiger partial charge on any atom is -0.403 e. The molecule has 7 aromatic rings. The number of halogens is 28. The van der Waals surface area contributed by atoms with Gasteiger partial charge in [0.15, 0.2) is 80.5 Å². The van der Waals surface area contributed by atoms with Gasteiger partial charge < -0.3 is 4.74 Å². The Morgan fingerprint density at radius 1 is 0.396 bits per heavy atom. The SMILES string of the molecule is CC(C)c1c(F)c(F)c(S(F)(F)(F)(F)F)c(F)c1F.CC(C)c1cc(F)c(C#N)c(F)c1.CC(C)c1cc(F)c(F)c(F)c1.CC(C)c1cc(F)nc(F)c1.CC(C)c1ccc(C(F)(F)F)c(F)c1.CC(C)c1ccc(OC(F)(F)F)c(F)c1.CCCCc1c(F)c(F)c(C(C)C)c(F)c1F. The number of rotatable bonds is 12. The number of aromatic nitrogens is 1. The molecule has 101 heavy (non-hydrogen) atoms. The third-order valence-electron chi connectivity index (χ3n) is 13.7. The maximum atomic E-state index is 13.6. The van der Waals surface area contributed by atoms with Gasteiger partial charge in [-0.3, -0.25) is 0 Å². The average Bonchev–Trinajstić information content (AvgIpc) is 0.702. The molecule has 1 heterocycles. The van der Waals surface area contributed by atoms with Gasteiger partial charge >= 0.3 is 22.8 Å². The fourth-order valence-electron chi connectivity index (χ4n) is 8.21. The number of alkyl halides is 6. The van der Waals surface area contributed by atoms with E-state index in [1.54, 1.807) is 27.7 Å². The van der Waals surface area contributed by atoms with Crippen LogP contribution in [-0.4, -0.2) is 11.3 Å². The molecule has 6 aromatic carbocycles. The predicted molar refractivity (Wildman–Crippen MR) is 327 cm³/mol. The molecular weight excluding hydrogens is 1440 g/mol. The van der Waals surface area contributed by atoms with E-state index in [9.17, 15) is 120 Å². The zero-order valence-corrected chi connectivity index (χ0v) is 57.2. The van der Waals surface area contributed by atoms with Gasteiger partial charge in [0.25, 0.3) is 0 Å². The van der Waals surface area contributed by atoms with Crippen LogP contribution in [0, 0.1) is 110 Å². The second-order valence-corrected chi connectivity index (χ2v) is 26.4. The third kappa shape index (κ3) is 27.5. The molecular formula is C69H70F28N2OS. The summed E-state index contributed by atoms with van der Waals surface area (Å²) in [6, 6.07) is 14.9. The molecule has 564 valence electrons. The Bertz CT molecular complexity index is 3840. The van der Waals surface area contributed by atoms with Crippen LogP contribution >= 0.6 is 10.2 Å². The van der Waals surface area contributed by atoms with Crippen LogP contribution in [0.1, 0.15) is 214 Å². The van der Waals surface area contributed by atoms with Gasteiger partial charge in [0.1, 0.15) is 29.1 Å². The van der Waals surface area contributed by atoms with Crippen molar-refractivity contribution in [3.63, 3.8) is 0 Å². The molecule has 0 aliphatic carbocycles. The summed E-state index contributed by atoms with van der Waals surface area (Å²) in [5.41, 5.74) is -1.22. The van der Waals surface area contributed by atoms with Gasteiger partial charge in [0.05, 0.1) is 5.56 Å². The van der Waals surface area contributed by atoms with Gasteiger partial charge in [-0.1, -0.05) is 142 Å². The van der Waals surface area contributed by atoms with Crippen molar-refractivity contribution in [2.24, 2.45) is 0 Å². The number of hydrogen-bond donors (Lipinski definition) is 0. The summed E-state index contributed by atoms with van der Waals surface area (Å²) in [6.45, 7) is 25.1. The number of nitriles is 1. The lowest BCUT2D eigenvalue weighted by molar-refractivity contribution is -0.275. The number of nitrogens with zero attached hydrogens (tertiary/aromatic N) is 2. The first-order valence-electron chi connectivity index (χ1n) is 30.0. The van der Waals surface area contributed by atoms with E-state index in [0.717, 1.165) is 50.2 Å². The molecule has 32 heteroatoms. The number of pyridine rings is 1. The van der Waals surface area contributed by atoms with Crippen molar-refractivity contribution in [1.29, 1.82) is 5.26 Å². The first-order valence-corrected chi connectivity index (χ1v) is 32.0. The number of hydrogen-bond acceptors (Lipinski definition) is 3. The Labute approximate surface area is 565 Å². The minimum atomic E-state index is -10.9. The number of unbranched alkanes of at least 4 members (excludes halogenated alkanes) is 1. The van der Waals surface area contributed by atoms with Crippen LogP contribution < -0.4 is 4.74 Å². The first-order chi connectivity index (χ1) is 45.8. The second-order valence-electron chi connectivity index (χ2n) is 24.1. The Morgan fingerprint density at radius 2 is 0.723 bits per heavy atom. The van der Waals surface area contributed by atoms with Gasteiger partial charge in [-0.25, -0.2) is 65.9 Å². The largest absolute Gasteiger partial charge is 0.573 e. The smallest absolute Gasteiger partial charge is 0.403 e. The van der Waals surface area contributed by atoms with Crippen molar-refractivity contribution in [3.05, 3.63) is 228 Å². The lowest BCUT2D eigenvalue weighted by atomic mass is 9.97. The molecule has 3 nitrogen and oxygen atoms in total. The fraction of sp³-hybridized carbons (Fsp3) is 0.391. The van der Waals surface area contributed by atoms with E-state index >= 15 is 0 Å². The molecule has 0 fully saturated rings. The van der Waals surface area contributed by atoms with Gasteiger partial charge in [-0.15, -0.1) is 13.2 Å². The summed E-state index contributed by atoms with van der Waals surface area (Å²) < 4.78 is 359. The van der Waals surface area contributed by atoms with E-state index in [1.165, 1.54) is 56.3 Å². The van der Waals surface area contributed by atoms with Gasteiger partial charge in [0.2, 0.25) is 11.9 Å².